The molecular formula is C21H22ClNO6. The molecule has 0 fully saturated rings. The van der Waals surface area contributed by atoms with Gasteiger partial charge in [0.15, 0.2) is 23.4 Å². The number of nitrogens with one attached hydrogen (secondary N) is 1. The van der Waals surface area contributed by atoms with Crippen molar-refractivity contribution in [3.8, 4) is 11.5 Å². The van der Waals surface area contributed by atoms with Gasteiger partial charge in [-0.3, -0.25) is 9.59 Å². The predicted molar refractivity (Wildman–Crippen MR) is 109 cm³/mol. The SMILES string of the molecule is CCOc1c(Cl)cc(C(=O)O[C@H](C)C(=O)Nc2ccc(C(C)=O)cc2)cc1OC. The number of benzene rings is 2. The lowest BCUT2D eigenvalue weighted by Gasteiger charge is -2.15. The molecule has 0 radical (unpaired) electrons. The minimum Gasteiger partial charge on any atom is -0.493 e. The first kappa shape index (κ1) is 22.2. The Balaban J connectivity index is 2.06. The van der Waals surface area contributed by atoms with E-state index < -0.39 is 18.0 Å². The molecule has 0 aliphatic rings. The second kappa shape index (κ2) is 9.93. The zero-order chi connectivity index (χ0) is 21.6. The minimum atomic E-state index is -1.06. The van der Waals surface area contributed by atoms with E-state index in [0.717, 1.165) is 0 Å². The van der Waals surface area contributed by atoms with Crippen molar-refractivity contribution < 1.29 is 28.6 Å². The molecule has 1 N–H and O–H groups in total. The van der Waals surface area contributed by atoms with E-state index >= 15 is 0 Å². The molecule has 2 rings (SSSR count). The number of amides is 1. The summed E-state index contributed by atoms with van der Waals surface area (Å²) in [6.07, 6.45) is -1.06. The first-order valence-electron chi connectivity index (χ1n) is 8.90. The summed E-state index contributed by atoms with van der Waals surface area (Å²) in [5.41, 5.74) is 1.14. The summed E-state index contributed by atoms with van der Waals surface area (Å²) in [6.45, 7) is 5.08. The molecular weight excluding hydrogens is 398 g/mol. The molecule has 2 aromatic carbocycles. The predicted octanol–water partition coefficient (Wildman–Crippen LogP) is 4.13. The second-order valence-corrected chi connectivity index (χ2v) is 6.50. The topological polar surface area (TPSA) is 90.9 Å². The molecule has 0 heterocycles. The Morgan fingerprint density at radius 3 is 2.31 bits per heavy atom. The first-order chi connectivity index (χ1) is 13.8. The highest BCUT2D eigenvalue weighted by Crippen LogP contribution is 2.36. The van der Waals surface area contributed by atoms with E-state index in [4.69, 9.17) is 25.8 Å². The second-order valence-electron chi connectivity index (χ2n) is 6.09. The van der Waals surface area contributed by atoms with Crippen LogP contribution in [0.2, 0.25) is 5.02 Å². The molecule has 0 spiro atoms. The third-order valence-electron chi connectivity index (χ3n) is 3.97. The smallest absolute Gasteiger partial charge is 0.339 e. The fraction of sp³-hybridized carbons (Fsp3) is 0.286. The van der Waals surface area contributed by atoms with E-state index in [1.807, 2.05) is 0 Å². The molecule has 0 bridgehead atoms. The zero-order valence-corrected chi connectivity index (χ0v) is 17.3. The van der Waals surface area contributed by atoms with Gasteiger partial charge in [-0.2, -0.15) is 0 Å². The van der Waals surface area contributed by atoms with Crippen LogP contribution in [0.25, 0.3) is 0 Å². The van der Waals surface area contributed by atoms with Crippen LogP contribution in [0.4, 0.5) is 5.69 Å². The average Bonchev–Trinajstić information content (AvgIpc) is 2.69. The molecule has 29 heavy (non-hydrogen) atoms. The maximum atomic E-state index is 12.4. The van der Waals surface area contributed by atoms with Crippen LogP contribution in [0.5, 0.6) is 11.5 Å². The van der Waals surface area contributed by atoms with Gasteiger partial charge in [0, 0.05) is 11.3 Å². The van der Waals surface area contributed by atoms with Crippen LogP contribution in [0, 0.1) is 0 Å². The van der Waals surface area contributed by atoms with E-state index in [9.17, 15) is 14.4 Å². The van der Waals surface area contributed by atoms with E-state index in [1.165, 1.54) is 33.1 Å². The fourth-order valence-corrected chi connectivity index (χ4v) is 2.70. The zero-order valence-electron chi connectivity index (χ0n) is 16.6. The summed E-state index contributed by atoms with van der Waals surface area (Å²) in [7, 11) is 1.43. The van der Waals surface area contributed by atoms with Crippen molar-refractivity contribution in [2.45, 2.75) is 26.9 Å². The van der Waals surface area contributed by atoms with Crippen molar-refractivity contribution in [1.29, 1.82) is 0 Å². The maximum absolute atomic E-state index is 12.4. The quantitative estimate of drug-likeness (QED) is 0.511. The van der Waals surface area contributed by atoms with Crippen LogP contribution < -0.4 is 14.8 Å². The lowest BCUT2D eigenvalue weighted by molar-refractivity contribution is -0.123. The number of carbonyl (C=O) groups is 3. The molecule has 154 valence electrons. The highest BCUT2D eigenvalue weighted by atomic mass is 35.5. The van der Waals surface area contributed by atoms with Crippen LogP contribution in [0.15, 0.2) is 36.4 Å². The number of halogens is 1. The molecule has 1 atom stereocenters. The van der Waals surface area contributed by atoms with E-state index in [0.29, 0.717) is 23.6 Å². The third kappa shape index (κ3) is 5.71. The molecule has 0 aliphatic carbocycles. The molecule has 0 unspecified atom stereocenters. The Kier molecular flexibility index (Phi) is 7.61. The van der Waals surface area contributed by atoms with Crippen LogP contribution in [-0.4, -0.2) is 37.5 Å². The highest BCUT2D eigenvalue weighted by molar-refractivity contribution is 6.32. The fourth-order valence-electron chi connectivity index (χ4n) is 2.44. The number of anilines is 1. The van der Waals surface area contributed by atoms with Gasteiger partial charge in [-0.15, -0.1) is 0 Å². The largest absolute Gasteiger partial charge is 0.493 e. The lowest BCUT2D eigenvalue weighted by Crippen LogP contribution is -2.30. The van der Waals surface area contributed by atoms with Gasteiger partial charge in [0.1, 0.15) is 0 Å². The number of methoxy groups -OCH3 is 1. The first-order valence-corrected chi connectivity index (χ1v) is 9.27. The molecule has 0 saturated heterocycles. The number of hydrogen-bond acceptors (Lipinski definition) is 6. The summed E-state index contributed by atoms with van der Waals surface area (Å²) in [5, 5.41) is 2.82. The highest BCUT2D eigenvalue weighted by Gasteiger charge is 2.22. The van der Waals surface area contributed by atoms with Gasteiger partial charge in [-0.1, -0.05) is 11.6 Å². The summed E-state index contributed by atoms with van der Waals surface area (Å²) in [5.74, 6) is -0.711. The van der Waals surface area contributed by atoms with Crippen LogP contribution >= 0.6 is 11.6 Å². The summed E-state index contributed by atoms with van der Waals surface area (Å²) in [4.78, 5) is 36.0. The van der Waals surface area contributed by atoms with Crippen molar-refractivity contribution >= 4 is 34.9 Å². The lowest BCUT2D eigenvalue weighted by atomic mass is 10.1. The van der Waals surface area contributed by atoms with Gasteiger partial charge in [0.25, 0.3) is 5.91 Å². The summed E-state index contributed by atoms with van der Waals surface area (Å²) >= 11 is 6.16. The average molecular weight is 420 g/mol. The number of esters is 1. The van der Waals surface area contributed by atoms with E-state index in [-0.39, 0.29) is 22.1 Å². The minimum absolute atomic E-state index is 0.0744. The molecule has 0 aromatic heterocycles. The van der Waals surface area contributed by atoms with Gasteiger partial charge in [-0.05, 0) is 57.2 Å². The third-order valence-corrected chi connectivity index (χ3v) is 4.25. The van der Waals surface area contributed by atoms with Crippen molar-refractivity contribution in [2.24, 2.45) is 0 Å². The van der Waals surface area contributed by atoms with Crippen molar-refractivity contribution in [2.75, 3.05) is 19.0 Å². The Hall–Kier alpha value is -3.06. The number of ketones is 1. The summed E-state index contributed by atoms with van der Waals surface area (Å²) < 4.78 is 15.8. The van der Waals surface area contributed by atoms with Crippen LogP contribution in [-0.2, 0) is 9.53 Å². The number of carbonyl (C=O) groups excluding carboxylic acids is 3. The van der Waals surface area contributed by atoms with Gasteiger partial charge >= 0.3 is 5.97 Å². The molecule has 2 aromatic rings. The Morgan fingerprint density at radius 2 is 1.76 bits per heavy atom. The monoisotopic (exact) mass is 419 g/mol. The molecule has 1 amide bonds. The van der Waals surface area contributed by atoms with Crippen molar-refractivity contribution in [3.63, 3.8) is 0 Å². The van der Waals surface area contributed by atoms with Crippen LogP contribution in [0.1, 0.15) is 41.5 Å². The molecule has 0 aliphatic heterocycles. The van der Waals surface area contributed by atoms with Gasteiger partial charge < -0.3 is 19.5 Å². The van der Waals surface area contributed by atoms with Gasteiger partial charge in [0.05, 0.1) is 24.3 Å². The van der Waals surface area contributed by atoms with E-state index in [1.54, 1.807) is 31.2 Å². The standard InChI is InChI=1S/C21H22ClNO6/c1-5-28-19-17(22)10-15(11-18(19)27-4)21(26)29-13(3)20(25)23-16-8-6-14(7-9-16)12(2)24/h6-11,13H,5H2,1-4H3,(H,23,25)/t13-/m1/s1. The molecule has 0 saturated carbocycles. The number of hydrogen-bond donors (Lipinski definition) is 1. The van der Waals surface area contributed by atoms with Crippen LogP contribution in [0.3, 0.4) is 0 Å². The van der Waals surface area contributed by atoms with Gasteiger partial charge in [-0.25, -0.2) is 4.79 Å². The Labute approximate surface area is 173 Å². The van der Waals surface area contributed by atoms with E-state index in [2.05, 4.69) is 5.32 Å². The number of rotatable bonds is 8. The molecule has 7 nitrogen and oxygen atoms in total. The Bertz CT molecular complexity index is 910. The maximum Gasteiger partial charge on any atom is 0.339 e. The normalized spacial score (nSPS) is 11.3. The Morgan fingerprint density at radius 1 is 1.10 bits per heavy atom. The van der Waals surface area contributed by atoms with Gasteiger partial charge in [0.2, 0.25) is 0 Å². The number of Topliss-reactive ketones (excluding diaryl/α,β-unsaturated/α-hetero) is 1. The van der Waals surface area contributed by atoms with Crippen molar-refractivity contribution in [3.05, 3.63) is 52.5 Å². The summed E-state index contributed by atoms with van der Waals surface area (Å²) in [6, 6.07) is 9.22. The number of ether oxygens (including phenoxy) is 3. The molecule has 8 heteroatoms. The van der Waals surface area contributed by atoms with Crippen molar-refractivity contribution in [1.82, 2.24) is 0 Å².